The van der Waals surface area contributed by atoms with Crippen LogP contribution in [-0.2, 0) is 7.05 Å². The summed E-state index contributed by atoms with van der Waals surface area (Å²) < 4.78 is 9.84. The third-order valence-corrected chi connectivity index (χ3v) is 7.03. The number of fused-ring (bicyclic) bond motifs is 1. The topological polar surface area (TPSA) is 31.5 Å². The smallest absolute Gasteiger partial charge is 0.145 e. The van der Waals surface area contributed by atoms with E-state index in [2.05, 4.69) is 115 Å². The van der Waals surface area contributed by atoms with Gasteiger partial charge in [0.05, 0.1) is 24.1 Å². The second-order valence-corrected chi connectivity index (χ2v) is 9.54. The molecular formula is C33H29N3O. The molecule has 0 bridgehead atoms. The predicted molar refractivity (Wildman–Crippen MR) is 152 cm³/mol. The van der Waals surface area contributed by atoms with E-state index in [0.29, 0.717) is 0 Å². The number of nitrogens with zero attached hydrogens (tertiary/aromatic N) is 3. The van der Waals surface area contributed by atoms with Gasteiger partial charge in [-0.3, -0.25) is 0 Å². The van der Waals surface area contributed by atoms with E-state index in [1.807, 2.05) is 18.2 Å². The average molecular weight is 484 g/mol. The van der Waals surface area contributed by atoms with E-state index >= 15 is 0 Å². The van der Waals surface area contributed by atoms with Gasteiger partial charge in [0.15, 0.2) is 0 Å². The number of methoxy groups -OCH3 is 1. The molecule has 2 aromatic heterocycles. The summed E-state index contributed by atoms with van der Waals surface area (Å²) in [7, 11) is 3.84. The Hall–Kier alpha value is -4.57. The molecule has 0 aliphatic rings. The van der Waals surface area contributed by atoms with Gasteiger partial charge in [-0.25, -0.2) is 4.52 Å². The molecule has 2 heterocycles. The first-order valence-electron chi connectivity index (χ1n) is 12.5. The van der Waals surface area contributed by atoms with Gasteiger partial charge >= 0.3 is 0 Å². The number of benzene rings is 4. The van der Waals surface area contributed by atoms with E-state index in [9.17, 15) is 0 Å². The lowest BCUT2D eigenvalue weighted by Crippen LogP contribution is -1.96. The van der Waals surface area contributed by atoms with Gasteiger partial charge in [-0.05, 0) is 43.7 Å². The molecule has 6 aromatic rings. The molecule has 0 N–H and O–H groups in total. The minimum absolute atomic E-state index is 0.839. The lowest BCUT2D eigenvalue weighted by atomic mass is 10.00. The standard InChI is InChI=1S/C33H29N3O/c1-22-10-14-24(15-11-22)29-30(25-8-6-5-7-9-25)34-36-32(27-16-12-23(2)13-17-27)31(35(3)33(29)36)26-18-20-28(37-4)21-19-26/h5-21H,1-4H3. The Kier molecular flexibility index (Phi) is 5.65. The highest BCUT2D eigenvalue weighted by Gasteiger charge is 2.26. The van der Waals surface area contributed by atoms with Crippen LogP contribution in [0.3, 0.4) is 0 Å². The summed E-state index contributed by atoms with van der Waals surface area (Å²) in [6.07, 6.45) is 0. The van der Waals surface area contributed by atoms with Gasteiger partial charge in [0.1, 0.15) is 17.1 Å². The highest BCUT2D eigenvalue weighted by Crippen LogP contribution is 2.42. The summed E-state index contributed by atoms with van der Waals surface area (Å²) in [4.78, 5) is 0. The normalized spacial score (nSPS) is 11.2. The highest BCUT2D eigenvalue weighted by molar-refractivity contribution is 5.95. The first kappa shape index (κ1) is 22.9. The van der Waals surface area contributed by atoms with E-state index in [4.69, 9.17) is 9.84 Å². The van der Waals surface area contributed by atoms with Crippen molar-refractivity contribution >= 4 is 5.65 Å². The van der Waals surface area contributed by atoms with Crippen molar-refractivity contribution in [3.63, 3.8) is 0 Å². The molecule has 0 fully saturated rings. The van der Waals surface area contributed by atoms with Crippen LogP contribution in [0, 0.1) is 13.8 Å². The van der Waals surface area contributed by atoms with Gasteiger partial charge in [-0.2, -0.15) is 5.10 Å². The maximum absolute atomic E-state index is 5.43. The molecule has 0 atom stereocenters. The van der Waals surface area contributed by atoms with Gasteiger partial charge in [0.2, 0.25) is 0 Å². The lowest BCUT2D eigenvalue weighted by molar-refractivity contribution is 0.415. The molecule has 182 valence electrons. The second-order valence-electron chi connectivity index (χ2n) is 9.54. The molecule has 0 saturated heterocycles. The van der Waals surface area contributed by atoms with Gasteiger partial charge in [0, 0.05) is 23.7 Å². The molecule has 0 radical (unpaired) electrons. The van der Waals surface area contributed by atoms with Gasteiger partial charge in [0.25, 0.3) is 0 Å². The first-order chi connectivity index (χ1) is 18.0. The summed E-state index contributed by atoms with van der Waals surface area (Å²) in [6, 6.07) is 36.2. The SMILES string of the molecule is COc1ccc(-c2c(-c3ccc(C)cc3)n3nc(-c4ccccc4)c(-c4ccc(C)cc4)c3n2C)cc1. The van der Waals surface area contributed by atoms with E-state index in [1.54, 1.807) is 7.11 Å². The van der Waals surface area contributed by atoms with Crippen LogP contribution in [0.5, 0.6) is 5.75 Å². The van der Waals surface area contributed by atoms with Crippen LogP contribution in [-0.4, -0.2) is 21.3 Å². The number of ether oxygens (including phenoxy) is 1. The largest absolute Gasteiger partial charge is 0.497 e. The molecule has 4 nitrogen and oxygen atoms in total. The van der Waals surface area contributed by atoms with Crippen molar-refractivity contribution < 1.29 is 4.74 Å². The van der Waals surface area contributed by atoms with Crippen molar-refractivity contribution in [1.29, 1.82) is 0 Å². The monoisotopic (exact) mass is 483 g/mol. The maximum atomic E-state index is 5.43. The molecule has 4 heteroatoms. The molecule has 0 unspecified atom stereocenters. The molecule has 0 amide bonds. The summed E-state index contributed by atoms with van der Waals surface area (Å²) in [6.45, 7) is 4.24. The number of hydrogen-bond donors (Lipinski definition) is 0. The zero-order chi connectivity index (χ0) is 25.5. The molecule has 6 rings (SSSR count). The second kappa shape index (κ2) is 9.14. The quantitative estimate of drug-likeness (QED) is 0.249. The van der Waals surface area contributed by atoms with Crippen LogP contribution in [0.2, 0.25) is 0 Å². The van der Waals surface area contributed by atoms with Crippen molar-refractivity contribution in [2.45, 2.75) is 13.8 Å². The number of hydrogen-bond acceptors (Lipinski definition) is 2. The minimum atomic E-state index is 0.839. The molecule has 4 aromatic carbocycles. The fourth-order valence-electron chi connectivity index (χ4n) is 5.07. The van der Waals surface area contributed by atoms with Crippen LogP contribution < -0.4 is 4.74 Å². The van der Waals surface area contributed by atoms with Crippen molar-refractivity contribution in [3.8, 4) is 50.6 Å². The van der Waals surface area contributed by atoms with E-state index < -0.39 is 0 Å². The number of aryl methyl sites for hydroxylation is 3. The maximum Gasteiger partial charge on any atom is 0.145 e. The van der Waals surface area contributed by atoms with Crippen molar-refractivity contribution in [2.24, 2.45) is 7.05 Å². The van der Waals surface area contributed by atoms with E-state index in [1.165, 1.54) is 11.1 Å². The number of imidazole rings is 1. The van der Waals surface area contributed by atoms with Gasteiger partial charge < -0.3 is 9.30 Å². The highest BCUT2D eigenvalue weighted by atomic mass is 16.5. The minimum Gasteiger partial charge on any atom is -0.497 e. The summed E-state index contributed by atoms with van der Waals surface area (Å²) in [5.41, 5.74) is 12.3. The fraction of sp³-hybridized carbons (Fsp3) is 0.121. The van der Waals surface area contributed by atoms with Crippen molar-refractivity contribution in [3.05, 3.63) is 114 Å². The number of aromatic nitrogens is 3. The lowest BCUT2D eigenvalue weighted by Gasteiger charge is -2.11. The van der Waals surface area contributed by atoms with Crippen molar-refractivity contribution in [1.82, 2.24) is 14.2 Å². The fourth-order valence-corrected chi connectivity index (χ4v) is 5.07. The van der Waals surface area contributed by atoms with Crippen LogP contribution >= 0.6 is 0 Å². The van der Waals surface area contributed by atoms with Crippen LogP contribution in [0.25, 0.3) is 50.5 Å². The van der Waals surface area contributed by atoms with E-state index in [-0.39, 0.29) is 0 Å². The van der Waals surface area contributed by atoms with Crippen LogP contribution in [0.4, 0.5) is 0 Å². The molecule has 0 saturated carbocycles. The molecule has 0 spiro atoms. The Labute approximate surface area is 217 Å². The Bertz CT molecular complexity index is 1690. The molecule has 0 aliphatic heterocycles. The Morgan fingerprint density at radius 2 is 1.14 bits per heavy atom. The predicted octanol–water partition coefficient (Wildman–Crippen LogP) is 7.97. The van der Waals surface area contributed by atoms with Crippen LogP contribution in [0.15, 0.2) is 103 Å². The van der Waals surface area contributed by atoms with Gasteiger partial charge in [-0.1, -0.05) is 90.0 Å². The Balaban J connectivity index is 1.73. The summed E-state index contributed by atoms with van der Waals surface area (Å²) in [5, 5.41) is 5.29. The third kappa shape index (κ3) is 3.91. The summed E-state index contributed by atoms with van der Waals surface area (Å²) in [5.74, 6) is 0.839. The van der Waals surface area contributed by atoms with Crippen molar-refractivity contribution in [2.75, 3.05) is 7.11 Å². The van der Waals surface area contributed by atoms with Gasteiger partial charge in [-0.15, -0.1) is 0 Å². The zero-order valence-electron chi connectivity index (χ0n) is 21.6. The molecule has 0 aliphatic carbocycles. The third-order valence-electron chi connectivity index (χ3n) is 7.03. The Morgan fingerprint density at radius 3 is 1.73 bits per heavy atom. The van der Waals surface area contributed by atoms with E-state index in [0.717, 1.165) is 56.3 Å². The average Bonchev–Trinajstić information content (AvgIpc) is 3.45. The summed E-state index contributed by atoms with van der Waals surface area (Å²) >= 11 is 0. The first-order valence-corrected chi connectivity index (χ1v) is 12.5. The number of rotatable bonds is 5. The van der Waals surface area contributed by atoms with Crippen LogP contribution in [0.1, 0.15) is 11.1 Å². The Morgan fingerprint density at radius 1 is 0.595 bits per heavy atom. The molecular weight excluding hydrogens is 454 g/mol. The molecule has 37 heavy (non-hydrogen) atoms. The zero-order valence-corrected chi connectivity index (χ0v) is 21.6.